The van der Waals surface area contributed by atoms with Crippen LogP contribution in [0.2, 0.25) is 0 Å². The molecule has 2 aromatic heterocycles. The number of urea groups is 1. The molecule has 34 heavy (non-hydrogen) atoms. The monoisotopic (exact) mass is 472 g/mol. The number of aromatic nitrogens is 3. The highest BCUT2D eigenvalue weighted by molar-refractivity contribution is 6.02. The van der Waals surface area contributed by atoms with Gasteiger partial charge in [0.1, 0.15) is 23.6 Å². The molecular weight excluding hydrogens is 452 g/mol. The molecule has 0 aliphatic carbocycles. The summed E-state index contributed by atoms with van der Waals surface area (Å²) in [6.45, 7) is 4.03. The first-order chi connectivity index (χ1) is 16.0. The predicted octanol–water partition coefficient (Wildman–Crippen LogP) is 6.06. The molecule has 0 saturated carbocycles. The number of nitrogen functional groups attached to an aromatic ring is 1. The molecule has 4 rings (SSSR count). The van der Waals surface area contributed by atoms with Crippen LogP contribution in [0, 0.1) is 5.82 Å². The van der Waals surface area contributed by atoms with E-state index in [9.17, 15) is 22.4 Å². The van der Waals surface area contributed by atoms with Gasteiger partial charge < -0.3 is 20.9 Å². The minimum atomic E-state index is -4.66. The minimum Gasteiger partial charge on any atom is -0.383 e. The second-order valence-electron chi connectivity index (χ2n) is 7.85. The van der Waals surface area contributed by atoms with Crippen molar-refractivity contribution in [2.75, 3.05) is 16.4 Å². The number of halogens is 4. The van der Waals surface area contributed by atoms with Gasteiger partial charge in [0, 0.05) is 23.5 Å². The highest BCUT2D eigenvalue weighted by Gasteiger charge is 2.31. The lowest BCUT2D eigenvalue weighted by atomic mass is 10.1. The van der Waals surface area contributed by atoms with E-state index in [2.05, 4.69) is 20.6 Å². The summed E-state index contributed by atoms with van der Waals surface area (Å²) in [5.41, 5.74) is 7.09. The van der Waals surface area contributed by atoms with Crippen LogP contribution in [0.5, 0.6) is 0 Å². The number of carbonyl (C=O) groups excluding carboxylic acids is 1. The molecule has 2 aromatic carbocycles. The molecule has 2 amide bonds. The van der Waals surface area contributed by atoms with E-state index in [1.54, 1.807) is 24.3 Å². The molecular formula is C23H20F4N6O. The number of anilines is 3. The van der Waals surface area contributed by atoms with Crippen molar-refractivity contribution in [3.63, 3.8) is 0 Å². The van der Waals surface area contributed by atoms with Crippen molar-refractivity contribution in [1.82, 2.24) is 14.5 Å². The summed E-state index contributed by atoms with van der Waals surface area (Å²) in [4.78, 5) is 20.7. The van der Waals surface area contributed by atoms with Crippen molar-refractivity contribution in [2.24, 2.45) is 0 Å². The molecule has 2 heterocycles. The number of amides is 2. The first kappa shape index (κ1) is 23.0. The largest absolute Gasteiger partial charge is 0.416 e. The molecule has 0 fully saturated rings. The quantitative estimate of drug-likeness (QED) is 0.314. The number of rotatable bonds is 4. The Hall–Kier alpha value is -4.15. The van der Waals surface area contributed by atoms with Gasteiger partial charge in [-0.15, -0.1) is 0 Å². The number of hydrogen-bond donors (Lipinski definition) is 3. The third kappa shape index (κ3) is 4.49. The third-order valence-corrected chi connectivity index (χ3v) is 5.19. The van der Waals surface area contributed by atoms with Crippen molar-refractivity contribution >= 4 is 34.3 Å². The number of benzene rings is 2. The van der Waals surface area contributed by atoms with E-state index in [-0.39, 0.29) is 6.04 Å². The van der Waals surface area contributed by atoms with Gasteiger partial charge in [-0.2, -0.15) is 13.2 Å². The Morgan fingerprint density at radius 3 is 2.41 bits per heavy atom. The second kappa shape index (κ2) is 8.65. The van der Waals surface area contributed by atoms with Gasteiger partial charge in [0.2, 0.25) is 0 Å². The van der Waals surface area contributed by atoms with E-state index in [1.165, 1.54) is 6.33 Å². The summed E-state index contributed by atoms with van der Waals surface area (Å²) in [5, 5.41) is 5.28. The van der Waals surface area contributed by atoms with E-state index in [0.29, 0.717) is 40.7 Å². The smallest absolute Gasteiger partial charge is 0.383 e. The zero-order valence-corrected chi connectivity index (χ0v) is 18.1. The van der Waals surface area contributed by atoms with Crippen LogP contribution in [0.4, 0.5) is 39.5 Å². The van der Waals surface area contributed by atoms with Crippen LogP contribution in [-0.4, -0.2) is 20.6 Å². The molecule has 0 aliphatic rings. The summed E-state index contributed by atoms with van der Waals surface area (Å²) in [5.74, 6) is -0.649. The molecule has 0 saturated heterocycles. The topological polar surface area (TPSA) is 97.9 Å². The van der Waals surface area contributed by atoms with Crippen LogP contribution in [0.3, 0.4) is 0 Å². The van der Waals surface area contributed by atoms with Crippen molar-refractivity contribution in [1.29, 1.82) is 0 Å². The van der Waals surface area contributed by atoms with Crippen molar-refractivity contribution in [3.8, 4) is 11.1 Å². The van der Waals surface area contributed by atoms with E-state index < -0.39 is 29.3 Å². The van der Waals surface area contributed by atoms with E-state index in [4.69, 9.17) is 5.73 Å². The number of hydrogen-bond acceptors (Lipinski definition) is 4. The van der Waals surface area contributed by atoms with E-state index in [0.717, 1.165) is 11.1 Å². The van der Waals surface area contributed by atoms with Gasteiger partial charge in [0.25, 0.3) is 0 Å². The molecule has 0 bridgehead atoms. The maximum Gasteiger partial charge on any atom is 0.416 e. The van der Waals surface area contributed by atoms with Gasteiger partial charge in [0.05, 0.1) is 16.6 Å². The SMILES string of the molecule is CC(C)n1cc(-c2ccc(NC(=O)Nc3cc(C(F)(F)F)ccc3F)cc2)c2c(N)ncnc21. The Bertz CT molecular complexity index is 1360. The van der Waals surface area contributed by atoms with Crippen LogP contribution < -0.4 is 16.4 Å². The Labute approximate surface area is 191 Å². The van der Waals surface area contributed by atoms with Crippen LogP contribution in [0.25, 0.3) is 22.2 Å². The summed E-state index contributed by atoms with van der Waals surface area (Å²) in [7, 11) is 0. The normalized spacial score (nSPS) is 11.7. The van der Waals surface area contributed by atoms with E-state index in [1.807, 2.05) is 24.6 Å². The lowest BCUT2D eigenvalue weighted by molar-refractivity contribution is -0.137. The zero-order valence-electron chi connectivity index (χ0n) is 18.1. The highest BCUT2D eigenvalue weighted by atomic mass is 19.4. The van der Waals surface area contributed by atoms with Gasteiger partial charge in [-0.3, -0.25) is 0 Å². The van der Waals surface area contributed by atoms with Crippen molar-refractivity contribution in [2.45, 2.75) is 26.1 Å². The first-order valence-electron chi connectivity index (χ1n) is 10.2. The number of fused-ring (bicyclic) bond motifs is 1. The number of carbonyl (C=O) groups is 1. The van der Waals surface area contributed by atoms with Crippen LogP contribution >= 0.6 is 0 Å². The van der Waals surface area contributed by atoms with Crippen LogP contribution in [-0.2, 0) is 6.18 Å². The molecule has 0 unspecified atom stereocenters. The summed E-state index contributed by atoms with van der Waals surface area (Å²) in [6.07, 6.45) is -1.34. The predicted molar refractivity (Wildman–Crippen MR) is 122 cm³/mol. The molecule has 0 atom stereocenters. The van der Waals surface area contributed by atoms with Crippen LogP contribution in [0.1, 0.15) is 25.5 Å². The Balaban J connectivity index is 1.55. The maximum absolute atomic E-state index is 13.9. The van der Waals surface area contributed by atoms with Gasteiger partial charge in [0.15, 0.2) is 0 Å². The first-order valence-corrected chi connectivity index (χ1v) is 10.2. The molecule has 11 heteroatoms. The summed E-state index contributed by atoms with van der Waals surface area (Å²) >= 11 is 0. The van der Waals surface area contributed by atoms with Crippen molar-refractivity contribution < 1.29 is 22.4 Å². The molecule has 0 radical (unpaired) electrons. The van der Waals surface area contributed by atoms with Crippen LogP contribution in [0.15, 0.2) is 55.0 Å². The average molecular weight is 472 g/mol. The van der Waals surface area contributed by atoms with Gasteiger partial charge in [-0.1, -0.05) is 12.1 Å². The fraction of sp³-hybridized carbons (Fsp3) is 0.174. The lowest BCUT2D eigenvalue weighted by Crippen LogP contribution is -2.20. The fourth-order valence-corrected chi connectivity index (χ4v) is 3.54. The average Bonchev–Trinajstić information content (AvgIpc) is 3.16. The minimum absolute atomic E-state index is 0.131. The molecule has 4 N–H and O–H groups in total. The van der Waals surface area contributed by atoms with Gasteiger partial charge in [-0.25, -0.2) is 19.2 Å². The standard InChI is InChI=1S/C23H20F4N6O/c1-12(2)33-10-16(19-20(28)29-11-30-21(19)33)13-3-6-15(7-4-13)31-22(34)32-18-9-14(23(25,26)27)5-8-17(18)24/h3-12H,1-2H3,(H2,28,29,30)(H2,31,32,34). The number of nitrogens with two attached hydrogens (primary N) is 1. The van der Waals surface area contributed by atoms with E-state index >= 15 is 0 Å². The maximum atomic E-state index is 13.9. The molecule has 4 aromatic rings. The second-order valence-corrected chi connectivity index (χ2v) is 7.85. The summed E-state index contributed by atoms with van der Waals surface area (Å²) in [6, 6.07) is 7.73. The molecule has 0 aliphatic heterocycles. The third-order valence-electron chi connectivity index (χ3n) is 5.19. The fourth-order valence-electron chi connectivity index (χ4n) is 3.54. The van der Waals surface area contributed by atoms with Gasteiger partial charge >= 0.3 is 12.2 Å². The molecule has 0 spiro atoms. The molecule has 176 valence electrons. The van der Waals surface area contributed by atoms with Gasteiger partial charge in [-0.05, 0) is 49.7 Å². The zero-order chi connectivity index (χ0) is 24.6. The lowest BCUT2D eigenvalue weighted by Gasteiger charge is -2.12. The Kier molecular flexibility index (Phi) is 5.86. The number of nitrogens with zero attached hydrogens (tertiary/aromatic N) is 3. The summed E-state index contributed by atoms with van der Waals surface area (Å²) < 4.78 is 54.4. The Morgan fingerprint density at radius 2 is 1.76 bits per heavy atom. The van der Waals surface area contributed by atoms with Crippen molar-refractivity contribution in [3.05, 3.63) is 66.4 Å². The Morgan fingerprint density at radius 1 is 1.06 bits per heavy atom. The molecule has 7 nitrogen and oxygen atoms in total. The highest BCUT2D eigenvalue weighted by Crippen LogP contribution is 2.35. The number of alkyl halides is 3. The number of nitrogens with one attached hydrogen (secondary N) is 2.